The van der Waals surface area contributed by atoms with E-state index in [1.54, 1.807) is 7.11 Å². The average molecular weight is 229 g/mol. The molecule has 2 heterocycles. The number of hydrogen-bond donors (Lipinski definition) is 0. The Balaban J connectivity index is 1.72. The van der Waals surface area contributed by atoms with Crippen molar-refractivity contribution in [1.29, 1.82) is 0 Å². The highest BCUT2D eigenvalue weighted by Gasteiger charge is 2.28. The first-order chi connectivity index (χ1) is 7.79. The van der Waals surface area contributed by atoms with Gasteiger partial charge in [-0.05, 0) is 31.8 Å². The van der Waals surface area contributed by atoms with Gasteiger partial charge in [0.1, 0.15) is 0 Å². The predicted molar refractivity (Wildman–Crippen MR) is 61.3 cm³/mol. The second-order valence-electron chi connectivity index (χ2n) is 4.92. The zero-order chi connectivity index (χ0) is 11.4. The van der Waals surface area contributed by atoms with E-state index in [-0.39, 0.29) is 6.29 Å². The van der Waals surface area contributed by atoms with Gasteiger partial charge in [0.2, 0.25) is 0 Å². The van der Waals surface area contributed by atoms with E-state index < -0.39 is 0 Å². The molecule has 4 heteroatoms. The molecule has 2 aliphatic heterocycles. The molecule has 0 aromatic heterocycles. The minimum atomic E-state index is -0.162. The highest BCUT2D eigenvalue weighted by molar-refractivity contribution is 4.78. The van der Waals surface area contributed by atoms with Crippen molar-refractivity contribution in [3.8, 4) is 0 Å². The fourth-order valence-electron chi connectivity index (χ4n) is 2.37. The molecule has 0 amide bonds. The zero-order valence-electron chi connectivity index (χ0n) is 10.4. The van der Waals surface area contributed by atoms with Gasteiger partial charge in [0.15, 0.2) is 6.29 Å². The molecule has 0 aliphatic carbocycles. The zero-order valence-corrected chi connectivity index (χ0v) is 10.4. The van der Waals surface area contributed by atoms with Gasteiger partial charge in [0.05, 0.1) is 25.9 Å². The molecule has 0 unspecified atom stereocenters. The summed E-state index contributed by atoms with van der Waals surface area (Å²) in [5, 5.41) is 0. The van der Waals surface area contributed by atoms with E-state index >= 15 is 0 Å². The van der Waals surface area contributed by atoms with Crippen molar-refractivity contribution in [2.75, 3.05) is 40.0 Å². The molecule has 2 fully saturated rings. The Morgan fingerprint density at radius 2 is 1.81 bits per heavy atom. The SMILES string of the molecule is COCC1OCC(N2CCC(C)CC2)CO1. The number of nitrogens with zero attached hydrogens (tertiary/aromatic N) is 1. The van der Waals surface area contributed by atoms with Crippen LogP contribution in [0.1, 0.15) is 19.8 Å². The largest absolute Gasteiger partial charge is 0.379 e. The molecule has 2 saturated heterocycles. The van der Waals surface area contributed by atoms with Gasteiger partial charge in [-0.25, -0.2) is 0 Å². The summed E-state index contributed by atoms with van der Waals surface area (Å²) in [6.45, 7) is 6.80. The second kappa shape index (κ2) is 5.96. The Morgan fingerprint density at radius 1 is 1.19 bits per heavy atom. The van der Waals surface area contributed by atoms with E-state index in [9.17, 15) is 0 Å². The van der Waals surface area contributed by atoms with Crippen molar-refractivity contribution < 1.29 is 14.2 Å². The highest BCUT2D eigenvalue weighted by Crippen LogP contribution is 2.20. The van der Waals surface area contributed by atoms with Crippen LogP contribution in [0.5, 0.6) is 0 Å². The standard InChI is InChI=1S/C12H23NO3/c1-10-3-5-13(6-4-10)11-7-15-12(9-14-2)16-8-11/h10-12H,3-9H2,1-2H3. The minimum Gasteiger partial charge on any atom is -0.379 e. The fraction of sp³-hybridized carbons (Fsp3) is 1.00. The molecule has 94 valence electrons. The predicted octanol–water partition coefficient (Wildman–Crippen LogP) is 1.11. The molecule has 0 saturated carbocycles. The minimum absolute atomic E-state index is 0.162. The lowest BCUT2D eigenvalue weighted by Crippen LogP contribution is -2.50. The van der Waals surface area contributed by atoms with Crippen LogP contribution in [0.25, 0.3) is 0 Å². The van der Waals surface area contributed by atoms with Gasteiger partial charge >= 0.3 is 0 Å². The lowest BCUT2D eigenvalue weighted by Gasteiger charge is -2.39. The van der Waals surface area contributed by atoms with Crippen LogP contribution in [0, 0.1) is 5.92 Å². The highest BCUT2D eigenvalue weighted by atomic mass is 16.7. The monoisotopic (exact) mass is 229 g/mol. The van der Waals surface area contributed by atoms with Crippen molar-refractivity contribution in [3.63, 3.8) is 0 Å². The van der Waals surface area contributed by atoms with Crippen LogP contribution in [-0.4, -0.2) is 57.3 Å². The van der Waals surface area contributed by atoms with Crippen molar-refractivity contribution in [3.05, 3.63) is 0 Å². The number of rotatable bonds is 3. The van der Waals surface area contributed by atoms with Crippen molar-refractivity contribution >= 4 is 0 Å². The normalized spacial score (nSPS) is 34.1. The van der Waals surface area contributed by atoms with Crippen LogP contribution in [0.4, 0.5) is 0 Å². The summed E-state index contributed by atoms with van der Waals surface area (Å²) < 4.78 is 16.3. The van der Waals surface area contributed by atoms with E-state index in [1.807, 2.05) is 0 Å². The Kier molecular flexibility index (Phi) is 4.58. The van der Waals surface area contributed by atoms with Gasteiger partial charge in [0.25, 0.3) is 0 Å². The maximum Gasteiger partial charge on any atom is 0.180 e. The first-order valence-electron chi connectivity index (χ1n) is 6.25. The molecule has 0 aromatic carbocycles. The van der Waals surface area contributed by atoms with Crippen molar-refractivity contribution in [2.45, 2.75) is 32.1 Å². The number of ether oxygens (including phenoxy) is 3. The summed E-state index contributed by atoms with van der Waals surface area (Å²) in [4.78, 5) is 2.50. The molecule has 0 aromatic rings. The van der Waals surface area contributed by atoms with Crippen LogP contribution in [0.2, 0.25) is 0 Å². The first kappa shape index (κ1) is 12.3. The fourth-order valence-corrected chi connectivity index (χ4v) is 2.37. The molecule has 0 N–H and O–H groups in total. The number of likely N-dealkylation sites (tertiary alicyclic amines) is 1. The van der Waals surface area contributed by atoms with Gasteiger partial charge in [-0.3, -0.25) is 4.90 Å². The summed E-state index contributed by atoms with van der Waals surface area (Å²) >= 11 is 0. The third-order valence-electron chi connectivity index (χ3n) is 3.59. The van der Waals surface area contributed by atoms with Crippen LogP contribution in [-0.2, 0) is 14.2 Å². The van der Waals surface area contributed by atoms with Gasteiger partial charge in [0, 0.05) is 7.11 Å². The average Bonchev–Trinajstić information content (AvgIpc) is 2.32. The van der Waals surface area contributed by atoms with Crippen LogP contribution >= 0.6 is 0 Å². The Bertz CT molecular complexity index is 196. The van der Waals surface area contributed by atoms with E-state index in [0.29, 0.717) is 12.6 Å². The first-order valence-corrected chi connectivity index (χ1v) is 6.25. The van der Waals surface area contributed by atoms with Crippen LogP contribution in [0.3, 0.4) is 0 Å². The molecule has 0 radical (unpaired) electrons. The molecular formula is C12H23NO3. The third kappa shape index (κ3) is 3.17. The Morgan fingerprint density at radius 3 is 2.38 bits per heavy atom. The molecule has 16 heavy (non-hydrogen) atoms. The molecule has 0 bridgehead atoms. The number of piperidine rings is 1. The molecular weight excluding hydrogens is 206 g/mol. The summed E-state index contributed by atoms with van der Waals surface area (Å²) in [5.74, 6) is 0.878. The summed E-state index contributed by atoms with van der Waals surface area (Å²) in [5.41, 5.74) is 0. The molecule has 0 atom stereocenters. The topological polar surface area (TPSA) is 30.9 Å². The smallest absolute Gasteiger partial charge is 0.180 e. The summed E-state index contributed by atoms with van der Waals surface area (Å²) in [6.07, 6.45) is 2.45. The van der Waals surface area contributed by atoms with Gasteiger partial charge in [-0.15, -0.1) is 0 Å². The van der Waals surface area contributed by atoms with Gasteiger partial charge in [-0.1, -0.05) is 6.92 Å². The molecule has 0 spiro atoms. The Labute approximate surface area is 97.8 Å². The molecule has 2 rings (SSSR count). The van der Waals surface area contributed by atoms with E-state index in [1.165, 1.54) is 25.9 Å². The van der Waals surface area contributed by atoms with Gasteiger partial charge in [-0.2, -0.15) is 0 Å². The lowest BCUT2D eigenvalue weighted by atomic mass is 9.98. The van der Waals surface area contributed by atoms with Gasteiger partial charge < -0.3 is 14.2 Å². The number of hydrogen-bond acceptors (Lipinski definition) is 4. The second-order valence-corrected chi connectivity index (χ2v) is 4.92. The Hall–Kier alpha value is -0.160. The molecule has 4 nitrogen and oxygen atoms in total. The lowest BCUT2D eigenvalue weighted by molar-refractivity contribution is -0.222. The maximum atomic E-state index is 5.62. The summed E-state index contributed by atoms with van der Waals surface area (Å²) in [6, 6.07) is 0.445. The van der Waals surface area contributed by atoms with Crippen molar-refractivity contribution in [2.24, 2.45) is 5.92 Å². The molecule has 2 aliphatic rings. The summed E-state index contributed by atoms with van der Waals surface area (Å²) in [7, 11) is 1.67. The quantitative estimate of drug-likeness (QED) is 0.725. The third-order valence-corrected chi connectivity index (χ3v) is 3.59. The van der Waals surface area contributed by atoms with Crippen LogP contribution in [0.15, 0.2) is 0 Å². The van der Waals surface area contributed by atoms with Crippen molar-refractivity contribution in [1.82, 2.24) is 4.90 Å². The number of methoxy groups -OCH3 is 1. The maximum absolute atomic E-state index is 5.62. The van der Waals surface area contributed by atoms with E-state index in [4.69, 9.17) is 14.2 Å². The van der Waals surface area contributed by atoms with E-state index in [2.05, 4.69) is 11.8 Å². The van der Waals surface area contributed by atoms with E-state index in [0.717, 1.165) is 19.1 Å². The van der Waals surface area contributed by atoms with Crippen LogP contribution < -0.4 is 0 Å².